The van der Waals surface area contributed by atoms with Crippen LogP contribution in [0.15, 0.2) is 24.3 Å². The van der Waals surface area contributed by atoms with Crippen LogP contribution in [0.4, 0.5) is 0 Å². The molecular weight excluding hydrogens is 254 g/mol. The van der Waals surface area contributed by atoms with Gasteiger partial charge in [-0.25, -0.2) is 0 Å². The van der Waals surface area contributed by atoms with Gasteiger partial charge in [-0.2, -0.15) is 11.8 Å². The molecule has 0 spiro atoms. The number of hydrogen-bond donors (Lipinski definition) is 1. The molecule has 3 heteroatoms. The first-order valence-electron chi connectivity index (χ1n) is 7.04. The summed E-state index contributed by atoms with van der Waals surface area (Å²) in [4.78, 5) is 0. The molecule has 19 heavy (non-hydrogen) atoms. The van der Waals surface area contributed by atoms with Crippen molar-refractivity contribution >= 4 is 11.8 Å². The summed E-state index contributed by atoms with van der Waals surface area (Å²) in [5.74, 6) is 0.963. The minimum atomic E-state index is 0.306. The van der Waals surface area contributed by atoms with Gasteiger partial charge in [0.2, 0.25) is 0 Å². The minimum absolute atomic E-state index is 0.306. The average molecular weight is 281 g/mol. The Morgan fingerprint density at radius 1 is 1.26 bits per heavy atom. The van der Waals surface area contributed by atoms with Gasteiger partial charge in [0, 0.05) is 22.9 Å². The third-order valence-electron chi connectivity index (χ3n) is 4.06. The maximum atomic E-state index is 5.43. The zero-order valence-electron chi connectivity index (χ0n) is 12.8. The van der Waals surface area contributed by atoms with Crippen molar-refractivity contribution in [3.05, 3.63) is 29.8 Å². The third-order valence-corrected chi connectivity index (χ3v) is 5.65. The number of methoxy groups -OCH3 is 1. The molecule has 0 saturated carbocycles. The molecule has 0 radical (unpaired) electrons. The highest BCUT2D eigenvalue weighted by molar-refractivity contribution is 8.00. The highest BCUT2D eigenvalue weighted by Gasteiger charge is 2.25. The van der Waals surface area contributed by atoms with E-state index in [1.165, 1.54) is 18.4 Å². The zero-order chi connectivity index (χ0) is 14.3. The Kier molecular flexibility index (Phi) is 6.73. The lowest BCUT2D eigenvalue weighted by atomic mass is 10.0. The van der Waals surface area contributed by atoms with E-state index in [0.717, 1.165) is 12.3 Å². The average Bonchev–Trinajstić information content (AvgIpc) is 2.49. The van der Waals surface area contributed by atoms with E-state index in [1.807, 2.05) is 23.9 Å². The zero-order valence-corrected chi connectivity index (χ0v) is 13.6. The van der Waals surface area contributed by atoms with Crippen LogP contribution in [-0.4, -0.2) is 24.7 Å². The number of hydrogen-bond acceptors (Lipinski definition) is 3. The molecule has 0 aliphatic carbocycles. The molecule has 1 unspecified atom stereocenters. The van der Waals surface area contributed by atoms with E-state index in [-0.39, 0.29) is 0 Å². The summed E-state index contributed by atoms with van der Waals surface area (Å²) in [6, 6.07) is 8.54. The van der Waals surface area contributed by atoms with Crippen LogP contribution in [0.25, 0.3) is 0 Å². The SMILES string of the molecule is CCC(CC)(CNC(C)c1ccccc1OC)SC. The van der Waals surface area contributed by atoms with Gasteiger partial charge >= 0.3 is 0 Å². The second kappa shape index (κ2) is 7.81. The lowest BCUT2D eigenvalue weighted by molar-refractivity contribution is 0.396. The predicted octanol–water partition coefficient (Wildman–Crippen LogP) is 4.27. The van der Waals surface area contributed by atoms with Crippen LogP contribution in [0.1, 0.15) is 45.2 Å². The first kappa shape index (κ1) is 16.4. The van der Waals surface area contributed by atoms with Crippen molar-refractivity contribution < 1.29 is 4.74 Å². The van der Waals surface area contributed by atoms with Crippen LogP contribution in [0.5, 0.6) is 5.75 Å². The summed E-state index contributed by atoms with van der Waals surface area (Å²) in [5.41, 5.74) is 1.23. The molecule has 1 rings (SSSR count). The molecule has 0 bridgehead atoms. The summed E-state index contributed by atoms with van der Waals surface area (Å²) in [6.45, 7) is 7.78. The quantitative estimate of drug-likeness (QED) is 0.769. The van der Waals surface area contributed by atoms with E-state index in [4.69, 9.17) is 4.74 Å². The number of ether oxygens (including phenoxy) is 1. The van der Waals surface area contributed by atoms with Gasteiger partial charge in [0.25, 0.3) is 0 Å². The third kappa shape index (κ3) is 4.15. The molecule has 1 aromatic rings. The van der Waals surface area contributed by atoms with Gasteiger partial charge in [-0.05, 0) is 32.1 Å². The fraction of sp³-hybridized carbons (Fsp3) is 0.625. The second-order valence-electron chi connectivity index (χ2n) is 4.94. The molecule has 0 saturated heterocycles. The Balaban J connectivity index is 2.72. The van der Waals surface area contributed by atoms with E-state index in [9.17, 15) is 0 Å². The molecule has 1 aromatic carbocycles. The molecule has 1 N–H and O–H groups in total. The molecule has 0 amide bonds. The Morgan fingerprint density at radius 3 is 2.42 bits per heavy atom. The number of thioether (sulfide) groups is 1. The highest BCUT2D eigenvalue weighted by atomic mass is 32.2. The number of nitrogens with one attached hydrogen (secondary N) is 1. The summed E-state index contributed by atoms with van der Waals surface area (Å²) in [5, 5.41) is 3.67. The lowest BCUT2D eigenvalue weighted by Crippen LogP contribution is -2.37. The van der Waals surface area contributed by atoms with Crippen molar-refractivity contribution in [1.29, 1.82) is 0 Å². The molecular formula is C16H27NOS. The molecule has 108 valence electrons. The molecule has 0 aliphatic rings. The van der Waals surface area contributed by atoms with Crippen LogP contribution in [-0.2, 0) is 0 Å². The Morgan fingerprint density at radius 2 is 1.89 bits per heavy atom. The van der Waals surface area contributed by atoms with E-state index >= 15 is 0 Å². The van der Waals surface area contributed by atoms with Gasteiger partial charge in [0.1, 0.15) is 5.75 Å². The van der Waals surface area contributed by atoms with Crippen LogP contribution in [0.3, 0.4) is 0 Å². The van der Waals surface area contributed by atoms with E-state index in [0.29, 0.717) is 10.8 Å². The van der Waals surface area contributed by atoms with Gasteiger partial charge in [-0.15, -0.1) is 0 Å². The molecule has 0 fully saturated rings. The summed E-state index contributed by atoms with van der Waals surface area (Å²) in [7, 11) is 1.73. The molecule has 0 aliphatic heterocycles. The maximum absolute atomic E-state index is 5.43. The van der Waals surface area contributed by atoms with Gasteiger partial charge in [-0.3, -0.25) is 0 Å². The van der Waals surface area contributed by atoms with Gasteiger partial charge in [-0.1, -0.05) is 32.0 Å². The second-order valence-corrected chi connectivity index (χ2v) is 6.21. The monoisotopic (exact) mass is 281 g/mol. The molecule has 0 heterocycles. The number of benzene rings is 1. The fourth-order valence-electron chi connectivity index (χ4n) is 2.33. The summed E-state index contributed by atoms with van der Waals surface area (Å²) < 4.78 is 5.78. The first-order valence-corrected chi connectivity index (χ1v) is 8.26. The van der Waals surface area contributed by atoms with Crippen molar-refractivity contribution in [3.8, 4) is 5.75 Å². The number of rotatable bonds is 8. The standard InChI is InChI=1S/C16H27NOS/c1-6-16(7-2,19-5)12-17-13(3)14-10-8-9-11-15(14)18-4/h8-11,13,17H,6-7,12H2,1-5H3. The Hall–Kier alpha value is -0.670. The van der Waals surface area contributed by atoms with Crippen molar-refractivity contribution in [2.45, 2.75) is 44.4 Å². The smallest absolute Gasteiger partial charge is 0.123 e. The Bertz CT molecular complexity index is 369. The summed E-state index contributed by atoms with van der Waals surface area (Å²) >= 11 is 1.97. The van der Waals surface area contributed by atoms with Crippen LogP contribution >= 0.6 is 11.8 Å². The first-order chi connectivity index (χ1) is 9.12. The largest absolute Gasteiger partial charge is 0.496 e. The predicted molar refractivity (Wildman–Crippen MR) is 86.2 cm³/mol. The number of para-hydroxylation sites is 1. The van der Waals surface area contributed by atoms with E-state index in [2.05, 4.69) is 44.5 Å². The van der Waals surface area contributed by atoms with Crippen LogP contribution in [0.2, 0.25) is 0 Å². The molecule has 0 aromatic heterocycles. The van der Waals surface area contributed by atoms with Crippen molar-refractivity contribution in [3.63, 3.8) is 0 Å². The molecule has 2 nitrogen and oxygen atoms in total. The highest BCUT2D eigenvalue weighted by Crippen LogP contribution is 2.31. The lowest BCUT2D eigenvalue weighted by Gasteiger charge is -2.31. The Labute approximate surface area is 122 Å². The van der Waals surface area contributed by atoms with Gasteiger partial charge in [0.15, 0.2) is 0 Å². The van der Waals surface area contributed by atoms with Gasteiger partial charge in [0.05, 0.1) is 7.11 Å². The van der Waals surface area contributed by atoms with E-state index in [1.54, 1.807) is 7.11 Å². The normalized spacial score (nSPS) is 13.3. The fourth-order valence-corrected chi connectivity index (χ4v) is 3.14. The van der Waals surface area contributed by atoms with Crippen molar-refractivity contribution in [2.75, 3.05) is 19.9 Å². The van der Waals surface area contributed by atoms with Gasteiger partial charge < -0.3 is 10.1 Å². The van der Waals surface area contributed by atoms with Crippen molar-refractivity contribution in [2.24, 2.45) is 0 Å². The van der Waals surface area contributed by atoms with E-state index < -0.39 is 0 Å². The maximum Gasteiger partial charge on any atom is 0.123 e. The van der Waals surface area contributed by atoms with Crippen molar-refractivity contribution in [1.82, 2.24) is 5.32 Å². The minimum Gasteiger partial charge on any atom is -0.496 e. The van der Waals surface area contributed by atoms with Crippen LogP contribution in [0, 0.1) is 0 Å². The topological polar surface area (TPSA) is 21.3 Å². The van der Waals surface area contributed by atoms with Crippen LogP contribution < -0.4 is 10.1 Å². The molecule has 1 atom stereocenters. The summed E-state index contributed by atoms with van der Waals surface area (Å²) in [6.07, 6.45) is 4.59.